The van der Waals surface area contributed by atoms with E-state index in [0.717, 1.165) is 0 Å². The zero-order valence-electron chi connectivity index (χ0n) is 13.1. The van der Waals surface area contributed by atoms with Gasteiger partial charge in [-0.05, 0) is 32.0 Å². The second-order valence-electron chi connectivity index (χ2n) is 4.83. The number of hydrogen-bond acceptors (Lipinski definition) is 4. The summed E-state index contributed by atoms with van der Waals surface area (Å²) in [6.07, 6.45) is 0. The molecule has 0 radical (unpaired) electrons. The molecule has 0 atom stereocenters. The molecule has 0 aliphatic carbocycles. The van der Waals surface area contributed by atoms with Gasteiger partial charge in [-0.15, -0.1) is 0 Å². The molecule has 1 amide bonds. The van der Waals surface area contributed by atoms with Crippen molar-refractivity contribution in [2.75, 3.05) is 19.8 Å². The molecular formula is C16H23NO4. The Morgan fingerprint density at radius 1 is 1.10 bits per heavy atom. The third-order valence-electron chi connectivity index (χ3n) is 2.87. The largest absolute Gasteiger partial charge is 0.490 e. The lowest BCUT2D eigenvalue weighted by atomic mass is 10.1. The SMILES string of the molecule is CCOc1ccc(C(=O)NCC(=O)C(C)C)cc1OCC. The van der Waals surface area contributed by atoms with Gasteiger partial charge in [-0.25, -0.2) is 0 Å². The van der Waals surface area contributed by atoms with Crippen molar-refractivity contribution in [2.24, 2.45) is 5.92 Å². The molecule has 0 aromatic heterocycles. The van der Waals surface area contributed by atoms with Crippen molar-refractivity contribution in [3.05, 3.63) is 23.8 Å². The van der Waals surface area contributed by atoms with Crippen molar-refractivity contribution >= 4 is 11.7 Å². The van der Waals surface area contributed by atoms with E-state index in [1.54, 1.807) is 32.0 Å². The van der Waals surface area contributed by atoms with Crippen LogP contribution < -0.4 is 14.8 Å². The summed E-state index contributed by atoms with van der Waals surface area (Å²) in [5, 5.41) is 2.62. The molecule has 0 aliphatic rings. The van der Waals surface area contributed by atoms with Crippen LogP contribution >= 0.6 is 0 Å². The monoisotopic (exact) mass is 293 g/mol. The average molecular weight is 293 g/mol. The molecule has 0 saturated carbocycles. The van der Waals surface area contributed by atoms with Gasteiger partial charge in [0, 0.05) is 11.5 Å². The van der Waals surface area contributed by atoms with Crippen molar-refractivity contribution < 1.29 is 19.1 Å². The van der Waals surface area contributed by atoms with Crippen LogP contribution in [0.4, 0.5) is 0 Å². The van der Waals surface area contributed by atoms with E-state index in [4.69, 9.17) is 9.47 Å². The minimum absolute atomic E-state index is 0.000631. The molecule has 0 heterocycles. The quantitative estimate of drug-likeness (QED) is 0.799. The second-order valence-corrected chi connectivity index (χ2v) is 4.83. The summed E-state index contributed by atoms with van der Waals surface area (Å²) in [6.45, 7) is 8.40. The number of ether oxygens (including phenoxy) is 2. The highest BCUT2D eigenvalue weighted by Crippen LogP contribution is 2.28. The summed E-state index contributed by atoms with van der Waals surface area (Å²) in [5.41, 5.74) is 0.443. The van der Waals surface area contributed by atoms with E-state index in [2.05, 4.69) is 5.32 Å². The van der Waals surface area contributed by atoms with Gasteiger partial charge in [0.2, 0.25) is 0 Å². The Hall–Kier alpha value is -2.04. The molecule has 1 rings (SSSR count). The lowest BCUT2D eigenvalue weighted by molar-refractivity contribution is -0.120. The van der Waals surface area contributed by atoms with E-state index in [9.17, 15) is 9.59 Å². The van der Waals surface area contributed by atoms with Crippen molar-refractivity contribution in [3.63, 3.8) is 0 Å². The van der Waals surface area contributed by atoms with Crippen LogP contribution in [0.3, 0.4) is 0 Å². The molecular weight excluding hydrogens is 270 g/mol. The Morgan fingerprint density at radius 3 is 2.29 bits per heavy atom. The van der Waals surface area contributed by atoms with Gasteiger partial charge in [0.15, 0.2) is 17.3 Å². The van der Waals surface area contributed by atoms with E-state index >= 15 is 0 Å². The second kappa shape index (κ2) is 8.29. The van der Waals surface area contributed by atoms with Crippen LogP contribution in [-0.4, -0.2) is 31.4 Å². The fourth-order valence-electron chi connectivity index (χ4n) is 1.67. The third-order valence-corrected chi connectivity index (χ3v) is 2.87. The van der Waals surface area contributed by atoms with Crippen LogP contribution in [0.5, 0.6) is 11.5 Å². The van der Waals surface area contributed by atoms with Crippen LogP contribution in [-0.2, 0) is 4.79 Å². The first-order valence-corrected chi connectivity index (χ1v) is 7.20. The Bertz CT molecular complexity index is 497. The molecule has 5 nitrogen and oxygen atoms in total. The van der Waals surface area contributed by atoms with Crippen molar-refractivity contribution in [1.82, 2.24) is 5.32 Å². The fourth-order valence-corrected chi connectivity index (χ4v) is 1.67. The highest BCUT2D eigenvalue weighted by atomic mass is 16.5. The van der Waals surface area contributed by atoms with Crippen molar-refractivity contribution in [3.8, 4) is 11.5 Å². The smallest absolute Gasteiger partial charge is 0.251 e. The maximum absolute atomic E-state index is 12.0. The fraction of sp³-hybridized carbons (Fsp3) is 0.500. The average Bonchev–Trinajstić information content (AvgIpc) is 2.46. The normalized spacial score (nSPS) is 10.3. The number of carbonyl (C=O) groups excluding carboxylic acids is 2. The summed E-state index contributed by atoms with van der Waals surface area (Å²) in [4.78, 5) is 23.6. The zero-order chi connectivity index (χ0) is 15.8. The summed E-state index contributed by atoms with van der Waals surface area (Å²) in [7, 11) is 0. The van der Waals surface area contributed by atoms with E-state index in [1.807, 2.05) is 13.8 Å². The molecule has 1 aromatic carbocycles. The highest BCUT2D eigenvalue weighted by molar-refractivity contribution is 5.97. The van der Waals surface area contributed by atoms with Crippen LogP contribution in [0.1, 0.15) is 38.1 Å². The Kier molecular flexibility index (Phi) is 6.72. The van der Waals surface area contributed by atoms with Crippen LogP contribution in [0.2, 0.25) is 0 Å². The summed E-state index contributed by atoms with van der Waals surface area (Å²) >= 11 is 0. The first-order chi connectivity index (χ1) is 9.99. The summed E-state index contributed by atoms with van der Waals surface area (Å²) in [6, 6.07) is 4.99. The Labute approximate surface area is 125 Å². The summed E-state index contributed by atoms with van der Waals surface area (Å²) in [5.74, 6) is 0.744. The van der Waals surface area contributed by atoms with Gasteiger partial charge in [-0.3, -0.25) is 9.59 Å². The van der Waals surface area contributed by atoms with Crippen molar-refractivity contribution in [1.29, 1.82) is 0 Å². The van der Waals surface area contributed by atoms with Crippen LogP contribution in [0.25, 0.3) is 0 Å². The van der Waals surface area contributed by atoms with Gasteiger partial charge >= 0.3 is 0 Å². The number of Topliss-reactive ketones (excluding diaryl/α,β-unsaturated/α-hetero) is 1. The Balaban J connectivity index is 2.80. The number of rotatable bonds is 8. The molecule has 1 N–H and O–H groups in total. The van der Waals surface area contributed by atoms with Crippen molar-refractivity contribution in [2.45, 2.75) is 27.7 Å². The standard InChI is InChI=1S/C16H23NO4/c1-5-20-14-8-7-12(9-15(14)21-6-2)16(19)17-10-13(18)11(3)4/h7-9,11H,5-6,10H2,1-4H3,(H,17,19). The van der Waals surface area contributed by atoms with Gasteiger partial charge in [0.25, 0.3) is 5.91 Å². The van der Waals surface area contributed by atoms with E-state index < -0.39 is 0 Å². The number of amides is 1. The first kappa shape index (κ1) is 17.0. The highest BCUT2D eigenvalue weighted by Gasteiger charge is 2.13. The van der Waals surface area contributed by atoms with Crippen LogP contribution in [0, 0.1) is 5.92 Å². The first-order valence-electron chi connectivity index (χ1n) is 7.20. The van der Waals surface area contributed by atoms with Crippen LogP contribution in [0.15, 0.2) is 18.2 Å². The summed E-state index contributed by atoms with van der Waals surface area (Å²) < 4.78 is 10.9. The van der Waals surface area contributed by atoms with E-state index in [0.29, 0.717) is 30.3 Å². The van der Waals surface area contributed by atoms with E-state index in [-0.39, 0.29) is 24.2 Å². The van der Waals surface area contributed by atoms with Gasteiger partial charge in [0.1, 0.15) is 0 Å². The predicted octanol–water partition coefficient (Wildman–Crippen LogP) is 2.44. The third kappa shape index (κ3) is 5.10. The molecule has 0 fully saturated rings. The Morgan fingerprint density at radius 2 is 1.71 bits per heavy atom. The zero-order valence-corrected chi connectivity index (χ0v) is 13.1. The lowest BCUT2D eigenvalue weighted by Crippen LogP contribution is -2.31. The lowest BCUT2D eigenvalue weighted by Gasteiger charge is -2.12. The number of carbonyl (C=O) groups is 2. The molecule has 21 heavy (non-hydrogen) atoms. The molecule has 0 spiro atoms. The van der Waals surface area contributed by atoms with Gasteiger partial charge in [-0.2, -0.15) is 0 Å². The van der Waals surface area contributed by atoms with Gasteiger partial charge in [-0.1, -0.05) is 13.8 Å². The molecule has 0 unspecified atom stereocenters. The number of benzene rings is 1. The molecule has 0 saturated heterocycles. The topological polar surface area (TPSA) is 64.6 Å². The van der Waals surface area contributed by atoms with Gasteiger partial charge in [0.05, 0.1) is 19.8 Å². The number of ketones is 1. The predicted molar refractivity (Wildman–Crippen MR) is 81.0 cm³/mol. The molecule has 116 valence electrons. The molecule has 0 aliphatic heterocycles. The maximum Gasteiger partial charge on any atom is 0.251 e. The molecule has 1 aromatic rings. The minimum Gasteiger partial charge on any atom is -0.490 e. The number of hydrogen-bond donors (Lipinski definition) is 1. The molecule has 5 heteroatoms. The minimum atomic E-state index is -0.298. The molecule has 0 bridgehead atoms. The maximum atomic E-state index is 12.0. The number of nitrogens with one attached hydrogen (secondary N) is 1. The van der Waals surface area contributed by atoms with Gasteiger partial charge < -0.3 is 14.8 Å². The van der Waals surface area contributed by atoms with E-state index in [1.165, 1.54) is 0 Å².